The minimum Gasteiger partial charge on any atom is -0.333 e. The molecule has 0 aliphatic carbocycles. The van der Waals surface area contributed by atoms with Gasteiger partial charge in [-0.3, -0.25) is 0 Å². The molecule has 2 amide bonds. The topological polar surface area (TPSA) is 64.9 Å². The Kier molecular flexibility index (Phi) is 5.84. The summed E-state index contributed by atoms with van der Waals surface area (Å²) < 4.78 is 0. The molecule has 0 aliphatic heterocycles. The Balaban J connectivity index is 1.93. The van der Waals surface area contributed by atoms with Crippen LogP contribution in [0.4, 0.5) is 10.5 Å². The number of hydrogen-bond acceptors (Lipinski definition) is 3. The number of nitrogens with one attached hydrogen (secondary N) is 2. The van der Waals surface area contributed by atoms with E-state index in [0.29, 0.717) is 21.3 Å². The second kappa shape index (κ2) is 7.85. The number of amides is 2. The Bertz CT molecular complexity index is 736. The molecule has 0 saturated heterocycles. The quantitative estimate of drug-likeness (QED) is 0.778. The number of nitrogens with zero attached hydrogens (tertiary/aromatic N) is 1. The van der Waals surface area contributed by atoms with Gasteiger partial charge >= 0.3 is 6.03 Å². The van der Waals surface area contributed by atoms with Gasteiger partial charge in [0.25, 0.3) is 0 Å². The van der Waals surface area contributed by atoms with E-state index < -0.39 is 6.03 Å². The molecule has 0 atom stereocenters. The Hall–Kier alpha value is -2.00. The fourth-order valence-corrected chi connectivity index (χ4v) is 2.74. The molecule has 7 heteroatoms. The SMILES string of the molecule is N#C/C(=C/c1cccs1)CNC(=O)Nc1ccc(Cl)cc1Cl. The normalized spacial score (nSPS) is 10.9. The molecule has 0 bridgehead atoms. The van der Waals surface area contributed by atoms with Crippen molar-refractivity contribution in [3.05, 3.63) is 56.2 Å². The molecule has 1 heterocycles. The number of urea groups is 1. The molecule has 0 aliphatic rings. The Morgan fingerprint density at radius 2 is 2.18 bits per heavy atom. The van der Waals surface area contributed by atoms with Gasteiger partial charge in [0.1, 0.15) is 0 Å². The van der Waals surface area contributed by atoms with E-state index in [1.165, 1.54) is 17.4 Å². The summed E-state index contributed by atoms with van der Waals surface area (Å²) in [4.78, 5) is 12.8. The lowest BCUT2D eigenvalue weighted by molar-refractivity contribution is 0.253. The third-order valence-electron chi connectivity index (χ3n) is 2.62. The van der Waals surface area contributed by atoms with E-state index in [0.717, 1.165) is 4.88 Å². The van der Waals surface area contributed by atoms with Crippen LogP contribution in [0.3, 0.4) is 0 Å². The van der Waals surface area contributed by atoms with Gasteiger partial charge in [0.15, 0.2) is 0 Å². The zero-order chi connectivity index (χ0) is 15.9. The second-order valence-corrected chi connectivity index (χ2v) is 6.05. The van der Waals surface area contributed by atoms with Gasteiger partial charge < -0.3 is 10.6 Å². The van der Waals surface area contributed by atoms with Crippen LogP contribution < -0.4 is 10.6 Å². The Morgan fingerprint density at radius 3 is 2.82 bits per heavy atom. The summed E-state index contributed by atoms with van der Waals surface area (Å²) in [7, 11) is 0. The summed E-state index contributed by atoms with van der Waals surface area (Å²) in [6.45, 7) is 0.130. The van der Waals surface area contributed by atoms with E-state index in [2.05, 4.69) is 16.7 Å². The monoisotopic (exact) mass is 351 g/mol. The molecule has 2 rings (SSSR count). The van der Waals surface area contributed by atoms with Crippen LogP contribution in [0, 0.1) is 11.3 Å². The molecule has 112 valence electrons. The van der Waals surface area contributed by atoms with Crippen molar-refractivity contribution in [2.75, 3.05) is 11.9 Å². The van der Waals surface area contributed by atoms with Gasteiger partial charge in [-0.15, -0.1) is 11.3 Å². The van der Waals surface area contributed by atoms with Crippen LogP contribution >= 0.6 is 34.5 Å². The van der Waals surface area contributed by atoms with Crippen molar-refractivity contribution in [2.45, 2.75) is 0 Å². The smallest absolute Gasteiger partial charge is 0.319 e. The number of anilines is 1. The number of carbonyl (C=O) groups is 1. The zero-order valence-corrected chi connectivity index (χ0v) is 13.6. The summed E-state index contributed by atoms with van der Waals surface area (Å²) in [6.07, 6.45) is 1.74. The number of carbonyl (C=O) groups excluding carboxylic acids is 1. The molecular weight excluding hydrogens is 341 g/mol. The number of nitriles is 1. The number of halogens is 2. The van der Waals surface area contributed by atoms with E-state index in [1.807, 2.05) is 17.5 Å². The first-order valence-corrected chi connectivity index (χ1v) is 7.86. The molecule has 0 fully saturated rings. The van der Waals surface area contributed by atoms with Crippen molar-refractivity contribution in [3.63, 3.8) is 0 Å². The molecule has 2 aromatic rings. The fraction of sp³-hybridized carbons (Fsp3) is 0.0667. The maximum atomic E-state index is 11.8. The maximum absolute atomic E-state index is 11.8. The Morgan fingerprint density at radius 1 is 1.36 bits per heavy atom. The highest BCUT2D eigenvalue weighted by molar-refractivity contribution is 7.10. The van der Waals surface area contributed by atoms with Crippen molar-refractivity contribution in [3.8, 4) is 6.07 Å². The molecule has 0 saturated carbocycles. The number of rotatable bonds is 4. The predicted octanol–water partition coefficient (Wildman–Crippen LogP) is 4.78. The lowest BCUT2D eigenvalue weighted by atomic mass is 10.2. The Labute approximate surface area is 142 Å². The average molecular weight is 352 g/mol. The third-order valence-corrected chi connectivity index (χ3v) is 3.99. The molecule has 4 nitrogen and oxygen atoms in total. The van der Waals surface area contributed by atoms with E-state index in [9.17, 15) is 4.79 Å². The van der Waals surface area contributed by atoms with Crippen LogP contribution in [0.5, 0.6) is 0 Å². The van der Waals surface area contributed by atoms with Gasteiger partial charge in [-0.1, -0.05) is 29.3 Å². The minimum atomic E-state index is -0.448. The lowest BCUT2D eigenvalue weighted by Crippen LogP contribution is -2.30. The van der Waals surface area contributed by atoms with E-state index >= 15 is 0 Å². The van der Waals surface area contributed by atoms with Gasteiger partial charge in [-0.2, -0.15) is 5.26 Å². The average Bonchev–Trinajstić information content (AvgIpc) is 2.99. The third kappa shape index (κ3) is 4.78. The second-order valence-electron chi connectivity index (χ2n) is 4.23. The molecule has 2 N–H and O–H groups in total. The van der Waals surface area contributed by atoms with Gasteiger partial charge in [-0.25, -0.2) is 4.79 Å². The summed E-state index contributed by atoms with van der Waals surface area (Å²) >= 11 is 13.3. The van der Waals surface area contributed by atoms with E-state index in [4.69, 9.17) is 28.5 Å². The standard InChI is InChI=1S/C15H11Cl2N3OS/c16-11-3-4-14(13(17)7-11)20-15(21)19-9-10(8-18)6-12-2-1-5-22-12/h1-7H,9H2,(H2,19,20,21)/b10-6-. The molecular formula is C15H11Cl2N3OS. The largest absolute Gasteiger partial charge is 0.333 e. The number of benzene rings is 1. The molecule has 22 heavy (non-hydrogen) atoms. The van der Waals surface area contributed by atoms with Crippen molar-refractivity contribution < 1.29 is 4.79 Å². The van der Waals surface area contributed by atoms with E-state index in [-0.39, 0.29) is 6.54 Å². The highest BCUT2D eigenvalue weighted by Gasteiger charge is 2.07. The highest BCUT2D eigenvalue weighted by Crippen LogP contribution is 2.25. The maximum Gasteiger partial charge on any atom is 0.319 e. The van der Waals surface area contributed by atoms with Gasteiger partial charge in [0.05, 0.1) is 28.9 Å². The zero-order valence-electron chi connectivity index (χ0n) is 11.3. The summed E-state index contributed by atoms with van der Waals surface area (Å²) in [5.41, 5.74) is 0.907. The van der Waals surface area contributed by atoms with Gasteiger partial charge in [-0.05, 0) is 35.7 Å². The summed E-state index contributed by atoms with van der Waals surface area (Å²) in [5, 5.41) is 17.0. The molecule has 1 aromatic heterocycles. The first-order chi connectivity index (χ1) is 10.6. The summed E-state index contributed by atoms with van der Waals surface area (Å²) in [5.74, 6) is 0. The molecule has 0 spiro atoms. The fourth-order valence-electron chi connectivity index (χ4n) is 1.60. The summed E-state index contributed by atoms with van der Waals surface area (Å²) in [6, 6.07) is 10.2. The van der Waals surface area contributed by atoms with Gasteiger partial charge in [0, 0.05) is 9.90 Å². The minimum absolute atomic E-state index is 0.130. The van der Waals surface area contributed by atoms with Crippen LogP contribution in [0.2, 0.25) is 10.0 Å². The van der Waals surface area contributed by atoms with Crippen LogP contribution in [-0.2, 0) is 0 Å². The van der Waals surface area contributed by atoms with Crippen LogP contribution in [0.15, 0.2) is 41.3 Å². The molecule has 0 radical (unpaired) electrons. The first kappa shape index (κ1) is 16.4. The van der Waals surface area contributed by atoms with Crippen molar-refractivity contribution in [1.82, 2.24) is 5.32 Å². The lowest BCUT2D eigenvalue weighted by Gasteiger charge is -2.08. The molecule has 1 aromatic carbocycles. The van der Waals surface area contributed by atoms with Crippen LogP contribution in [-0.4, -0.2) is 12.6 Å². The van der Waals surface area contributed by atoms with Crippen molar-refractivity contribution in [1.29, 1.82) is 5.26 Å². The molecule has 0 unspecified atom stereocenters. The van der Waals surface area contributed by atoms with Crippen molar-refractivity contribution >= 4 is 52.3 Å². The number of thiophene rings is 1. The van der Waals surface area contributed by atoms with Crippen LogP contribution in [0.1, 0.15) is 4.88 Å². The van der Waals surface area contributed by atoms with E-state index in [1.54, 1.807) is 18.2 Å². The highest BCUT2D eigenvalue weighted by atomic mass is 35.5. The number of hydrogen-bond donors (Lipinski definition) is 2. The predicted molar refractivity (Wildman–Crippen MR) is 91.4 cm³/mol. The van der Waals surface area contributed by atoms with Gasteiger partial charge in [0.2, 0.25) is 0 Å². The van der Waals surface area contributed by atoms with Crippen LogP contribution in [0.25, 0.3) is 6.08 Å². The first-order valence-electron chi connectivity index (χ1n) is 6.22. The van der Waals surface area contributed by atoms with Crippen molar-refractivity contribution in [2.24, 2.45) is 0 Å².